The van der Waals surface area contributed by atoms with Crippen molar-refractivity contribution in [3.05, 3.63) is 36.0 Å². The van der Waals surface area contributed by atoms with Gasteiger partial charge in [-0.05, 0) is 12.1 Å². The van der Waals surface area contributed by atoms with Crippen LogP contribution in [0.25, 0.3) is 22.1 Å². The normalized spacial score (nSPS) is 17.0. The van der Waals surface area contributed by atoms with Crippen molar-refractivity contribution in [1.82, 2.24) is 9.47 Å². The summed E-state index contributed by atoms with van der Waals surface area (Å²) in [6.45, 7) is 3.78. The molecule has 1 atom stereocenters. The van der Waals surface area contributed by atoms with E-state index < -0.39 is 12.1 Å². The number of carbonyl (C=O) groups is 1. The molecule has 0 saturated carbocycles. The van der Waals surface area contributed by atoms with Crippen LogP contribution >= 0.6 is 0 Å². The zero-order chi connectivity index (χ0) is 18.1. The first-order chi connectivity index (χ1) is 12.7. The second-order valence-corrected chi connectivity index (χ2v) is 6.51. The number of aromatic nitrogens is 1. The van der Waals surface area contributed by atoms with Gasteiger partial charge in [0.15, 0.2) is 5.58 Å². The van der Waals surface area contributed by atoms with Gasteiger partial charge in [0.05, 0.1) is 38.5 Å². The summed E-state index contributed by atoms with van der Waals surface area (Å²) in [4.78, 5) is 14.4. The highest BCUT2D eigenvalue weighted by Gasteiger charge is 2.23. The van der Waals surface area contributed by atoms with E-state index >= 15 is 0 Å². The van der Waals surface area contributed by atoms with Crippen molar-refractivity contribution >= 4 is 28.0 Å². The average molecular weight is 358 g/mol. The third-order valence-electron chi connectivity index (χ3n) is 4.78. The third-order valence-corrected chi connectivity index (χ3v) is 4.78. The number of hydrogen-bond donors (Lipinski definition) is 1. The van der Waals surface area contributed by atoms with Gasteiger partial charge in [-0.3, -0.25) is 4.90 Å². The van der Waals surface area contributed by atoms with Gasteiger partial charge in [0.1, 0.15) is 11.3 Å². The average Bonchev–Trinajstić information content (AvgIpc) is 3.18. The Morgan fingerprint density at radius 2 is 2.00 bits per heavy atom. The number of benzene rings is 1. The van der Waals surface area contributed by atoms with E-state index in [4.69, 9.17) is 13.9 Å². The number of aliphatic hydroxyl groups excluding tert-OH is 1. The van der Waals surface area contributed by atoms with E-state index in [-0.39, 0.29) is 6.54 Å². The molecule has 1 saturated heterocycles. The molecule has 0 aliphatic carbocycles. The minimum absolute atomic E-state index is 0.287. The van der Waals surface area contributed by atoms with Gasteiger partial charge in [-0.25, -0.2) is 4.79 Å². The minimum atomic E-state index is -0.624. The number of furan rings is 1. The highest BCUT2D eigenvalue weighted by molar-refractivity contribution is 6.06. The summed E-state index contributed by atoms with van der Waals surface area (Å²) in [5.41, 5.74) is 2.56. The number of aliphatic hydroxyl groups is 1. The summed E-state index contributed by atoms with van der Waals surface area (Å²) in [7, 11) is 1.35. The monoisotopic (exact) mass is 358 g/mol. The van der Waals surface area contributed by atoms with E-state index in [0.717, 1.165) is 29.6 Å². The van der Waals surface area contributed by atoms with Crippen LogP contribution in [0.15, 0.2) is 34.7 Å². The molecule has 1 fully saturated rings. The van der Waals surface area contributed by atoms with Gasteiger partial charge < -0.3 is 23.6 Å². The highest BCUT2D eigenvalue weighted by Crippen LogP contribution is 2.32. The Morgan fingerprint density at radius 1 is 1.23 bits per heavy atom. The topological polar surface area (TPSA) is 77.1 Å². The predicted molar refractivity (Wildman–Crippen MR) is 96.3 cm³/mol. The summed E-state index contributed by atoms with van der Waals surface area (Å²) >= 11 is 0. The molecule has 0 amide bonds. The lowest BCUT2D eigenvalue weighted by Gasteiger charge is -2.28. The van der Waals surface area contributed by atoms with Crippen LogP contribution in [0.3, 0.4) is 0 Å². The molecule has 7 nitrogen and oxygen atoms in total. The quantitative estimate of drug-likeness (QED) is 0.702. The van der Waals surface area contributed by atoms with Crippen LogP contribution in [0, 0.1) is 0 Å². The second kappa shape index (κ2) is 7.11. The maximum atomic E-state index is 12.2. The van der Waals surface area contributed by atoms with Crippen LogP contribution in [-0.4, -0.2) is 66.6 Å². The molecular formula is C19H22N2O5. The number of para-hydroxylation sites is 1. The standard InChI is InChI=1S/C19H22N2O5/c1-24-19(23)15-10-17-18(14-4-2-3-5-16(14)26-17)21(15)12-13(22)11-20-6-8-25-9-7-20/h2-5,10,13,22H,6-9,11-12H2,1H3. The molecule has 1 aliphatic heterocycles. The molecule has 3 heterocycles. The fourth-order valence-corrected chi connectivity index (χ4v) is 3.56. The molecule has 0 bridgehead atoms. The third kappa shape index (κ3) is 3.09. The molecule has 3 aromatic rings. The molecule has 1 N–H and O–H groups in total. The number of morpholine rings is 1. The Morgan fingerprint density at radius 3 is 2.77 bits per heavy atom. The summed E-state index contributed by atoms with van der Waals surface area (Å²) in [6, 6.07) is 9.36. The van der Waals surface area contributed by atoms with Gasteiger partial charge in [0, 0.05) is 31.1 Å². The number of rotatable bonds is 5. The van der Waals surface area contributed by atoms with Gasteiger partial charge in [0.2, 0.25) is 0 Å². The molecule has 4 rings (SSSR count). The van der Waals surface area contributed by atoms with Crippen molar-refractivity contribution in [2.45, 2.75) is 12.6 Å². The van der Waals surface area contributed by atoms with Gasteiger partial charge in [0.25, 0.3) is 0 Å². The number of hydrogen-bond acceptors (Lipinski definition) is 6. The molecule has 0 spiro atoms. The summed E-state index contributed by atoms with van der Waals surface area (Å²) in [6.07, 6.45) is -0.624. The van der Waals surface area contributed by atoms with E-state index in [1.807, 2.05) is 24.3 Å². The molecule has 0 radical (unpaired) electrons. The van der Waals surface area contributed by atoms with E-state index in [0.29, 0.717) is 31.0 Å². The minimum Gasteiger partial charge on any atom is -0.464 e. The largest absolute Gasteiger partial charge is 0.464 e. The van der Waals surface area contributed by atoms with Crippen LogP contribution < -0.4 is 0 Å². The number of carbonyl (C=O) groups excluding carboxylic acids is 1. The van der Waals surface area contributed by atoms with Crippen molar-refractivity contribution in [3.8, 4) is 0 Å². The molecule has 1 aliphatic rings. The Balaban J connectivity index is 1.69. The first kappa shape index (κ1) is 17.1. The smallest absolute Gasteiger partial charge is 0.354 e. The molecule has 138 valence electrons. The highest BCUT2D eigenvalue weighted by atomic mass is 16.5. The van der Waals surface area contributed by atoms with E-state index in [1.165, 1.54) is 7.11 Å². The van der Waals surface area contributed by atoms with Gasteiger partial charge in [-0.1, -0.05) is 12.1 Å². The maximum Gasteiger partial charge on any atom is 0.354 e. The first-order valence-corrected chi connectivity index (χ1v) is 8.74. The van der Waals surface area contributed by atoms with Crippen LogP contribution in [0.2, 0.25) is 0 Å². The number of β-amino-alcohol motifs (C(OH)–C–C–N with tert-alkyl or cyclic N) is 1. The first-order valence-electron chi connectivity index (χ1n) is 8.74. The van der Waals surface area contributed by atoms with Crippen molar-refractivity contribution in [1.29, 1.82) is 0 Å². The number of ether oxygens (including phenoxy) is 2. The maximum absolute atomic E-state index is 12.2. The van der Waals surface area contributed by atoms with Crippen LogP contribution in [0.4, 0.5) is 0 Å². The summed E-state index contributed by atoms with van der Waals surface area (Å²) < 4.78 is 17.9. The van der Waals surface area contributed by atoms with E-state index in [2.05, 4.69) is 4.90 Å². The summed E-state index contributed by atoms with van der Waals surface area (Å²) in [5, 5.41) is 11.5. The molecule has 26 heavy (non-hydrogen) atoms. The van der Waals surface area contributed by atoms with Crippen molar-refractivity contribution in [3.63, 3.8) is 0 Å². The Bertz CT molecular complexity index is 923. The molecular weight excluding hydrogens is 336 g/mol. The molecule has 1 aromatic carbocycles. The molecule has 2 aromatic heterocycles. The van der Waals surface area contributed by atoms with Crippen LogP contribution in [0.1, 0.15) is 10.5 Å². The fraction of sp³-hybridized carbons (Fsp3) is 0.421. The fourth-order valence-electron chi connectivity index (χ4n) is 3.56. The second-order valence-electron chi connectivity index (χ2n) is 6.51. The number of fused-ring (bicyclic) bond motifs is 3. The number of nitrogens with zero attached hydrogens (tertiary/aromatic N) is 2. The van der Waals surface area contributed by atoms with E-state index in [1.54, 1.807) is 10.6 Å². The Kier molecular flexibility index (Phi) is 4.67. The van der Waals surface area contributed by atoms with Crippen LogP contribution in [-0.2, 0) is 16.0 Å². The van der Waals surface area contributed by atoms with Crippen molar-refractivity contribution in [2.75, 3.05) is 40.0 Å². The Hall–Kier alpha value is -2.35. The number of esters is 1. The van der Waals surface area contributed by atoms with E-state index in [9.17, 15) is 9.90 Å². The molecule has 7 heteroatoms. The number of methoxy groups -OCH3 is 1. The lowest BCUT2D eigenvalue weighted by atomic mass is 10.2. The van der Waals surface area contributed by atoms with Crippen molar-refractivity contribution < 1.29 is 23.8 Å². The summed E-state index contributed by atoms with van der Waals surface area (Å²) in [5.74, 6) is -0.445. The lowest BCUT2D eigenvalue weighted by Crippen LogP contribution is -2.42. The van der Waals surface area contributed by atoms with Crippen LogP contribution in [0.5, 0.6) is 0 Å². The predicted octanol–water partition coefficient (Wildman–Crippen LogP) is 1.87. The molecule has 1 unspecified atom stereocenters. The lowest BCUT2D eigenvalue weighted by molar-refractivity contribution is 0.0115. The van der Waals surface area contributed by atoms with Gasteiger partial charge >= 0.3 is 5.97 Å². The Labute approximate surface area is 150 Å². The van der Waals surface area contributed by atoms with Crippen molar-refractivity contribution in [2.24, 2.45) is 0 Å². The zero-order valence-corrected chi connectivity index (χ0v) is 14.7. The zero-order valence-electron chi connectivity index (χ0n) is 14.7. The SMILES string of the molecule is COC(=O)c1cc2oc3ccccc3c2n1CC(O)CN1CCOCC1. The van der Waals surface area contributed by atoms with Gasteiger partial charge in [-0.2, -0.15) is 0 Å². The van der Waals surface area contributed by atoms with Gasteiger partial charge in [-0.15, -0.1) is 0 Å².